The Hall–Kier alpha value is -1.27. The summed E-state index contributed by atoms with van der Waals surface area (Å²) in [5, 5.41) is 10.6. The number of unbranched alkanes of at least 4 members (excludes halogenated alkanes) is 2. The normalized spacial score (nSPS) is 14.2. The maximum Gasteiger partial charge on any atom is 0.403 e. The lowest BCUT2D eigenvalue weighted by atomic mass is 9.93. The number of rotatable bonds is 9. The molecule has 0 aliphatic carbocycles. The second kappa shape index (κ2) is 10.0. The van der Waals surface area contributed by atoms with Crippen LogP contribution in [-0.2, 0) is 4.79 Å². The quantitative estimate of drug-likeness (QED) is 0.657. The van der Waals surface area contributed by atoms with Crippen LogP contribution in [0.3, 0.4) is 0 Å². The Kier molecular flexibility index (Phi) is 8.73. The van der Waals surface area contributed by atoms with Crippen LogP contribution in [0.2, 0.25) is 5.02 Å². The third-order valence-corrected chi connectivity index (χ3v) is 4.27. The van der Waals surface area contributed by atoms with E-state index in [2.05, 4.69) is 0 Å². The predicted octanol–water partition coefficient (Wildman–Crippen LogP) is 4.98. The summed E-state index contributed by atoms with van der Waals surface area (Å²) >= 11 is 5.73. The molecule has 2 atom stereocenters. The van der Waals surface area contributed by atoms with Crippen molar-refractivity contribution in [1.82, 2.24) is 4.90 Å². The van der Waals surface area contributed by atoms with E-state index in [4.69, 9.17) is 11.6 Å². The van der Waals surface area contributed by atoms with Crippen molar-refractivity contribution in [2.75, 3.05) is 13.1 Å². The van der Waals surface area contributed by atoms with Gasteiger partial charge < -0.3 is 10.0 Å². The van der Waals surface area contributed by atoms with Gasteiger partial charge in [0.2, 0.25) is 5.91 Å². The van der Waals surface area contributed by atoms with Gasteiger partial charge in [-0.05, 0) is 30.5 Å². The van der Waals surface area contributed by atoms with Gasteiger partial charge in [-0.15, -0.1) is 0 Å². The molecule has 0 spiro atoms. The minimum absolute atomic E-state index is 0.0195. The Balaban J connectivity index is 3.09. The molecule has 1 amide bonds. The summed E-state index contributed by atoms with van der Waals surface area (Å²) in [6, 6.07) is 5.40. The number of nitrogens with zero attached hydrogens (tertiary/aromatic N) is 1. The second-order valence-electron chi connectivity index (χ2n) is 6.05. The number of carbonyl (C=O) groups is 1. The first-order valence-corrected chi connectivity index (χ1v) is 8.89. The Morgan fingerprint density at radius 1 is 1.12 bits per heavy atom. The molecule has 0 aliphatic heterocycles. The van der Waals surface area contributed by atoms with Crippen LogP contribution in [0.25, 0.3) is 0 Å². The molecule has 25 heavy (non-hydrogen) atoms. The fourth-order valence-corrected chi connectivity index (χ4v) is 2.66. The van der Waals surface area contributed by atoms with Gasteiger partial charge in [0.25, 0.3) is 0 Å². The molecular formula is C18H25ClF3NO2. The van der Waals surface area contributed by atoms with Crippen molar-refractivity contribution in [1.29, 1.82) is 0 Å². The zero-order chi connectivity index (χ0) is 19.0. The summed E-state index contributed by atoms with van der Waals surface area (Å²) in [4.78, 5) is 13.8. The molecule has 0 fully saturated rings. The Morgan fingerprint density at radius 3 is 2.00 bits per heavy atom. The van der Waals surface area contributed by atoms with Gasteiger partial charge in [-0.25, -0.2) is 0 Å². The lowest BCUT2D eigenvalue weighted by molar-refractivity contribution is -0.208. The van der Waals surface area contributed by atoms with Gasteiger partial charge in [0.15, 0.2) is 5.92 Å². The summed E-state index contributed by atoms with van der Waals surface area (Å²) in [7, 11) is 0. The van der Waals surface area contributed by atoms with Crippen molar-refractivity contribution >= 4 is 17.5 Å². The molecule has 0 bridgehead atoms. The molecule has 3 nitrogen and oxygen atoms in total. The van der Waals surface area contributed by atoms with Gasteiger partial charge in [-0.3, -0.25) is 4.79 Å². The monoisotopic (exact) mass is 379 g/mol. The molecule has 1 aromatic carbocycles. The van der Waals surface area contributed by atoms with E-state index in [1.165, 1.54) is 29.2 Å². The highest BCUT2D eigenvalue weighted by molar-refractivity contribution is 6.30. The van der Waals surface area contributed by atoms with Crippen LogP contribution >= 0.6 is 11.6 Å². The van der Waals surface area contributed by atoms with E-state index in [1.807, 2.05) is 13.8 Å². The van der Waals surface area contributed by atoms with Crippen molar-refractivity contribution in [3.8, 4) is 0 Å². The van der Waals surface area contributed by atoms with Crippen LogP contribution in [0.1, 0.15) is 51.2 Å². The van der Waals surface area contributed by atoms with Gasteiger partial charge in [0, 0.05) is 18.1 Å². The van der Waals surface area contributed by atoms with E-state index in [-0.39, 0.29) is 18.7 Å². The molecule has 0 unspecified atom stereocenters. The molecular weight excluding hydrogens is 355 g/mol. The van der Waals surface area contributed by atoms with E-state index in [0.717, 1.165) is 12.8 Å². The molecule has 1 aromatic rings. The lowest BCUT2D eigenvalue weighted by Crippen LogP contribution is -2.46. The third kappa shape index (κ3) is 6.51. The number of amides is 1. The first-order chi connectivity index (χ1) is 11.7. The Labute approximate surface area is 151 Å². The Bertz CT molecular complexity index is 526. The molecule has 0 aliphatic rings. The first kappa shape index (κ1) is 21.8. The van der Waals surface area contributed by atoms with Crippen LogP contribution in [0, 0.1) is 5.92 Å². The molecule has 0 saturated heterocycles. The average molecular weight is 380 g/mol. The summed E-state index contributed by atoms with van der Waals surface area (Å²) in [6.45, 7) is 4.34. The SMILES string of the molecule is CCCCN(CCCC)C(=O)[C@H]([C@@H](O)c1ccc(Cl)cc1)C(F)(F)F. The predicted molar refractivity (Wildman–Crippen MR) is 92.4 cm³/mol. The zero-order valence-electron chi connectivity index (χ0n) is 14.5. The van der Waals surface area contributed by atoms with Crippen LogP contribution in [0.4, 0.5) is 13.2 Å². The summed E-state index contributed by atoms with van der Waals surface area (Å²) in [5.41, 5.74) is 0.0195. The van der Waals surface area contributed by atoms with E-state index >= 15 is 0 Å². The number of alkyl halides is 3. The number of carbonyl (C=O) groups excluding carboxylic acids is 1. The van der Waals surface area contributed by atoms with E-state index in [0.29, 0.717) is 17.9 Å². The molecule has 0 heterocycles. The minimum atomic E-state index is -4.84. The fourth-order valence-electron chi connectivity index (χ4n) is 2.53. The van der Waals surface area contributed by atoms with Crippen LogP contribution < -0.4 is 0 Å². The van der Waals surface area contributed by atoms with Crippen molar-refractivity contribution < 1.29 is 23.1 Å². The highest BCUT2D eigenvalue weighted by Crippen LogP contribution is 2.38. The largest absolute Gasteiger partial charge is 0.403 e. The van der Waals surface area contributed by atoms with E-state index in [1.54, 1.807) is 0 Å². The zero-order valence-corrected chi connectivity index (χ0v) is 15.3. The number of aliphatic hydroxyl groups is 1. The molecule has 1 N–H and O–H groups in total. The van der Waals surface area contributed by atoms with Crippen LogP contribution in [0.15, 0.2) is 24.3 Å². The summed E-state index contributed by atoms with van der Waals surface area (Å²) < 4.78 is 40.7. The van der Waals surface area contributed by atoms with Gasteiger partial charge in [-0.2, -0.15) is 13.2 Å². The van der Waals surface area contributed by atoms with E-state index < -0.39 is 24.1 Å². The highest BCUT2D eigenvalue weighted by Gasteiger charge is 2.51. The maximum atomic E-state index is 13.6. The maximum absolute atomic E-state index is 13.6. The summed E-state index contributed by atoms with van der Waals surface area (Å²) in [5.74, 6) is -3.56. The van der Waals surface area contributed by atoms with Crippen molar-refractivity contribution in [3.63, 3.8) is 0 Å². The minimum Gasteiger partial charge on any atom is -0.387 e. The standard InChI is InChI=1S/C18H25ClF3NO2/c1-3-5-11-23(12-6-4-2)17(25)15(18(20,21)22)16(24)13-7-9-14(19)10-8-13/h7-10,15-16,24H,3-6,11-12H2,1-2H3/t15-,16-/m0/s1. The molecule has 1 rings (SSSR count). The first-order valence-electron chi connectivity index (χ1n) is 8.51. The molecule has 142 valence electrons. The van der Waals surface area contributed by atoms with Gasteiger partial charge in [0.1, 0.15) is 0 Å². The number of aliphatic hydroxyl groups excluding tert-OH is 1. The molecule has 0 saturated carbocycles. The summed E-state index contributed by atoms with van der Waals surface area (Å²) in [6.07, 6.45) is -4.02. The molecule has 0 aromatic heterocycles. The number of hydrogen-bond donors (Lipinski definition) is 1. The van der Waals surface area contributed by atoms with Crippen molar-refractivity contribution in [2.24, 2.45) is 5.92 Å². The lowest BCUT2D eigenvalue weighted by Gasteiger charge is -2.31. The highest BCUT2D eigenvalue weighted by atomic mass is 35.5. The van der Waals surface area contributed by atoms with Crippen molar-refractivity contribution in [2.45, 2.75) is 51.8 Å². The Morgan fingerprint density at radius 2 is 1.60 bits per heavy atom. The van der Waals surface area contributed by atoms with Crippen LogP contribution in [0.5, 0.6) is 0 Å². The smallest absolute Gasteiger partial charge is 0.387 e. The molecule has 7 heteroatoms. The topological polar surface area (TPSA) is 40.5 Å². The number of hydrogen-bond acceptors (Lipinski definition) is 2. The van der Waals surface area contributed by atoms with Crippen molar-refractivity contribution in [3.05, 3.63) is 34.9 Å². The van der Waals surface area contributed by atoms with Gasteiger partial charge >= 0.3 is 6.18 Å². The van der Waals surface area contributed by atoms with Gasteiger partial charge in [-0.1, -0.05) is 50.4 Å². The second-order valence-corrected chi connectivity index (χ2v) is 6.48. The third-order valence-electron chi connectivity index (χ3n) is 4.02. The van der Waals surface area contributed by atoms with Crippen LogP contribution in [-0.4, -0.2) is 35.2 Å². The molecule has 0 radical (unpaired) electrons. The van der Waals surface area contributed by atoms with Gasteiger partial charge in [0.05, 0.1) is 6.10 Å². The fraction of sp³-hybridized carbons (Fsp3) is 0.611. The number of halogens is 4. The van der Waals surface area contributed by atoms with E-state index in [9.17, 15) is 23.1 Å². The average Bonchev–Trinajstić information content (AvgIpc) is 2.54. The number of benzene rings is 1.